The summed E-state index contributed by atoms with van der Waals surface area (Å²) >= 11 is 0. The van der Waals surface area contributed by atoms with Crippen LogP contribution in [0.3, 0.4) is 0 Å². The van der Waals surface area contributed by atoms with Crippen molar-refractivity contribution in [3.8, 4) is 11.4 Å². The van der Waals surface area contributed by atoms with Crippen LogP contribution in [-0.4, -0.2) is 44.7 Å². The number of aryl methyl sites for hydroxylation is 1. The molecule has 2 aromatic carbocycles. The highest BCUT2D eigenvalue weighted by atomic mass is 16.5. The lowest BCUT2D eigenvalue weighted by Gasteiger charge is -2.47. The largest absolute Gasteiger partial charge is 0.495 e. The molecule has 0 unspecified atom stereocenters. The third-order valence-corrected chi connectivity index (χ3v) is 6.74. The Kier molecular flexibility index (Phi) is 5.77. The molecule has 0 radical (unpaired) electrons. The van der Waals surface area contributed by atoms with Gasteiger partial charge < -0.3 is 19.3 Å². The number of hydrogen-bond donors (Lipinski definition) is 1. The second kappa shape index (κ2) is 8.87. The molecule has 5 rings (SSSR count). The molecule has 6 heteroatoms. The van der Waals surface area contributed by atoms with E-state index in [0.717, 1.165) is 40.3 Å². The number of nitrogens with zero attached hydrogens (tertiary/aromatic N) is 3. The summed E-state index contributed by atoms with van der Waals surface area (Å²) in [6, 6.07) is 16.0. The van der Waals surface area contributed by atoms with Gasteiger partial charge in [-0.1, -0.05) is 36.4 Å². The Hall–Kier alpha value is -3.38. The number of aromatic nitrogens is 2. The molecule has 6 nitrogen and oxygen atoms in total. The van der Waals surface area contributed by atoms with E-state index in [1.165, 1.54) is 0 Å². The minimum absolute atomic E-state index is 0.0697. The number of hydrogen-bond acceptors (Lipinski definition) is 4. The summed E-state index contributed by atoms with van der Waals surface area (Å²) in [6.07, 6.45) is 8.12. The summed E-state index contributed by atoms with van der Waals surface area (Å²) in [6.45, 7) is 1.95. The van der Waals surface area contributed by atoms with E-state index in [1.807, 2.05) is 77.2 Å². The first-order valence-electron chi connectivity index (χ1n) is 11.5. The number of carbonyl (C=O) groups excluding carboxylic acids is 1. The van der Waals surface area contributed by atoms with E-state index in [2.05, 4.69) is 4.98 Å². The van der Waals surface area contributed by atoms with E-state index in [9.17, 15) is 9.90 Å². The maximum atomic E-state index is 13.6. The Morgan fingerprint density at radius 1 is 1.15 bits per heavy atom. The van der Waals surface area contributed by atoms with Crippen LogP contribution in [-0.2, 0) is 4.79 Å². The van der Waals surface area contributed by atoms with Gasteiger partial charge in [0.05, 0.1) is 37.0 Å². The Balaban J connectivity index is 1.45. The average molecular weight is 444 g/mol. The minimum atomic E-state index is -0.376. The monoisotopic (exact) mass is 443 g/mol. The molecule has 3 atom stereocenters. The molecule has 0 spiro atoms. The second-order valence-electron chi connectivity index (χ2n) is 8.98. The van der Waals surface area contributed by atoms with Gasteiger partial charge in [0.25, 0.3) is 5.91 Å². The predicted molar refractivity (Wildman–Crippen MR) is 127 cm³/mol. The standard InChI is InChI=1S/C27H29N3O3/c1-18-16-29(17-28-18)24-11-8-19(13-26(24)33-2)12-21-9-10-22-14-23(31)15-25(30(22)27(21)32)20-6-4-3-5-7-20/h3-8,11-13,16-17,22-23,25,31H,9-10,14-15H2,1-2H3/t22-,23+,25+/m0/s1. The van der Waals surface area contributed by atoms with Gasteiger partial charge in [-0.05, 0) is 61.9 Å². The number of piperidine rings is 2. The summed E-state index contributed by atoms with van der Waals surface area (Å²) in [5, 5.41) is 10.5. The molecule has 33 heavy (non-hydrogen) atoms. The van der Waals surface area contributed by atoms with Gasteiger partial charge in [0.1, 0.15) is 5.75 Å². The summed E-state index contributed by atoms with van der Waals surface area (Å²) < 4.78 is 7.57. The Morgan fingerprint density at radius 3 is 2.70 bits per heavy atom. The van der Waals surface area contributed by atoms with Gasteiger partial charge in [-0.3, -0.25) is 4.79 Å². The number of aliphatic hydroxyl groups is 1. The van der Waals surface area contributed by atoms with Crippen molar-refractivity contribution < 1.29 is 14.6 Å². The van der Waals surface area contributed by atoms with Crippen molar-refractivity contribution in [3.05, 3.63) is 83.4 Å². The number of ether oxygens (including phenoxy) is 1. The molecular formula is C27H29N3O3. The zero-order valence-electron chi connectivity index (χ0n) is 19.0. The summed E-state index contributed by atoms with van der Waals surface area (Å²) in [7, 11) is 1.65. The number of benzene rings is 2. The van der Waals surface area contributed by atoms with Crippen LogP contribution >= 0.6 is 0 Å². The highest BCUT2D eigenvalue weighted by Crippen LogP contribution is 2.41. The molecule has 1 N–H and O–H groups in total. The fraction of sp³-hybridized carbons (Fsp3) is 0.333. The first-order valence-corrected chi connectivity index (χ1v) is 11.5. The Labute approximate surface area is 194 Å². The van der Waals surface area contributed by atoms with Crippen molar-refractivity contribution in [3.63, 3.8) is 0 Å². The first kappa shape index (κ1) is 21.5. The summed E-state index contributed by atoms with van der Waals surface area (Å²) in [5.74, 6) is 0.798. The smallest absolute Gasteiger partial charge is 0.250 e. The molecule has 2 fully saturated rings. The fourth-order valence-electron chi connectivity index (χ4n) is 5.17. The van der Waals surface area contributed by atoms with Crippen LogP contribution in [0.1, 0.15) is 48.5 Å². The lowest BCUT2D eigenvalue weighted by molar-refractivity contribution is -0.139. The molecule has 170 valence electrons. The maximum Gasteiger partial charge on any atom is 0.250 e. The first-order chi connectivity index (χ1) is 16.0. The molecule has 1 amide bonds. The molecule has 3 heterocycles. The SMILES string of the molecule is COc1cc(C=C2CC[C@H]3C[C@@H](O)C[C@H](c4ccccc4)N3C2=O)ccc1-n1cnc(C)c1. The van der Waals surface area contributed by atoms with E-state index in [0.29, 0.717) is 19.3 Å². The normalized spacial score (nSPS) is 24.1. The van der Waals surface area contributed by atoms with Crippen molar-refractivity contribution in [1.29, 1.82) is 0 Å². The van der Waals surface area contributed by atoms with Crippen LogP contribution in [0.4, 0.5) is 0 Å². The average Bonchev–Trinajstić information content (AvgIpc) is 3.26. The third kappa shape index (κ3) is 4.18. The maximum absolute atomic E-state index is 13.6. The third-order valence-electron chi connectivity index (χ3n) is 6.74. The van der Waals surface area contributed by atoms with Crippen LogP contribution in [0.25, 0.3) is 11.8 Å². The van der Waals surface area contributed by atoms with E-state index in [-0.39, 0.29) is 24.1 Å². The number of methoxy groups -OCH3 is 1. The van der Waals surface area contributed by atoms with Gasteiger partial charge in [0.2, 0.25) is 0 Å². The number of amides is 1. The van der Waals surface area contributed by atoms with Crippen molar-refractivity contribution in [2.75, 3.05) is 7.11 Å². The van der Waals surface area contributed by atoms with Crippen LogP contribution < -0.4 is 4.74 Å². The zero-order chi connectivity index (χ0) is 22.9. The minimum Gasteiger partial charge on any atom is -0.495 e. The Bertz CT molecular complexity index is 1180. The highest BCUT2D eigenvalue weighted by Gasteiger charge is 2.42. The van der Waals surface area contributed by atoms with Gasteiger partial charge in [0.15, 0.2) is 0 Å². The van der Waals surface area contributed by atoms with Crippen LogP contribution in [0.5, 0.6) is 5.75 Å². The number of imidazole rings is 1. The fourth-order valence-corrected chi connectivity index (χ4v) is 5.17. The van der Waals surface area contributed by atoms with E-state index in [4.69, 9.17) is 4.74 Å². The molecule has 0 saturated carbocycles. The number of carbonyl (C=O) groups is 1. The van der Waals surface area contributed by atoms with E-state index >= 15 is 0 Å². The molecular weight excluding hydrogens is 414 g/mol. The lowest BCUT2D eigenvalue weighted by atomic mass is 9.82. The molecule has 0 bridgehead atoms. The molecule has 3 aromatic rings. The summed E-state index contributed by atoms with van der Waals surface area (Å²) in [5.41, 5.74) is 4.66. The van der Waals surface area contributed by atoms with Crippen molar-refractivity contribution in [2.45, 2.75) is 50.8 Å². The van der Waals surface area contributed by atoms with Gasteiger partial charge in [0, 0.05) is 17.8 Å². The van der Waals surface area contributed by atoms with Gasteiger partial charge in [-0.15, -0.1) is 0 Å². The topological polar surface area (TPSA) is 67.6 Å². The van der Waals surface area contributed by atoms with Crippen LogP contribution in [0, 0.1) is 6.92 Å². The second-order valence-corrected chi connectivity index (χ2v) is 8.98. The van der Waals surface area contributed by atoms with Crippen LogP contribution in [0.15, 0.2) is 66.6 Å². The number of aliphatic hydroxyl groups excluding tert-OH is 1. The van der Waals surface area contributed by atoms with Crippen molar-refractivity contribution in [1.82, 2.24) is 14.5 Å². The lowest BCUT2D eigenvalue weighted by Crippen LogP contribution is -2.52. The number of fused-ring (bicyclic) bond motifs is 1. The van der Waals surface area contributed by atoms with Crippen LogP contribution in [0.2, 0.25) is 0 Å². The van der Waals surface area contributed by atoms with E-state index in [1.54, 1.807) is 13.4 Å². The van der Waals surface area contributed by atoms with Crippen molar-refractivity contribution >= 4 is 12.0 Å². The molecule has 2 saturated heterocycles. The number of rotatable bonds is 4. The molecule has 0 aliphatic carbocycles. The van der Waals surface area contributed by atoms with Gasteiger partial charge in [-0.2, -0.15) is 0 Å². The Morgan fingerprint density at radius 2 is 1.97 bits per heavy atom. The summed E-state index contributed by atoms with van der Waals surface area (Å²) in [4.78, 5) is 19.9. The molecule has 2 aliphatic rings. The zero-order valence-corrected chi connectivity index (χ0v) is 19.0. The highest BCUT2D eigenvalue weighted by molar-refractivity contribution is 5.99. The van der Waals surface area contributed by atoms with Gasteiger partial charge >= 0.3 is 0 Å². The molecule has 2 aliphatic heterocycles. The predicted octanol–water partition coefficient (Wildman–Crippen LogP) is 4.46. The van der Waals surface area contributed by atoms with Gasteiger partial charge in [-0.25, -0.2) is 4.98 Å². The quantitative estimate of drug-likeness (QED) is 0.605. The molecule has 1 aromatic heterocycles. The van der Waals surface area contributed by atoms with Crippen molar-refractivity contribution in [2.24, 2.45) is 0 Å². The van der Waals surface area contributed by atoms with E-state index < -0.39 is 0 Å².